The summed E-state index contributed by atoms with van der Waals surface area (Å²) >= 11 is 0. The van der Waals surface area contributed by atoms with Crippen LogP contribution in [0.1, 0.15) is 54.7 Å². The Balaban J connectivity index is 1.80. The molecule has 0 unspecified atom stereocenters. The van der Waals surface area contributed by atoms with E-state index in [1.807, 2.05) is 0 Å². The molecule has 0 aliphatic heterocycles. The van der Waals surface area contributed by atoms with E-state index in [-0.39, 0.29) is 38.1 Å². The molecule has 2 saturated carbocycles. The van der Waals surface area contributed by atoms with Gasteiger partial charge in [-0.25, -0.2) is 13.5 Å². The van der Waals surface area contributed by atoms with Crippen LogP contribution in [0.4, 0.5) is 22.0 Å². The Morgan fingerprint density at radius 3 is 2.36 bits per heavy atom. The zero-order valence-corrected chi connectivity index (χ0v) is 13.7. The fraction of sp³-hybridized carbons (Fsp3) is 0.800. The second-order valence-corrected chi connectivity index (χ2v) is 6.91. The van der Waals surface area contributed by atoms with Gasteiger partial charge in [0, 0.05) is 32.5 Å². The van der Waals surface area contributed by atoms with E-state index in [1.54, 1.807) is 0 Å². The number of hydrogen-bond donors (Lipinski definition) is 0. The number of alkyl halides is 5. The van der Waals surface area contributed by atoms with Crippen LogP contribution in [0.3, 0.4) is 0 Å². The van der Waals surface area contributed by atoms with E-state index in [9.17, 15) is 26.7 Å². The van der Waals surface area contributed by atoms with Crippen LogP contribution in [0.25, 0.3) is 0 Å². The minimum Gasteiger partial charge on any atom is -0.337 e. The lowest BCUT2D eigenvalue weighted by Gasteiger charge is -2.34. The van der Waals surface area contributed by atoms with Crippen LogP contribution in [-0.2, 0) is 12.7 Å². The summed E-state index contributed by atoms with van der Waals surface area (Å²) in [5, 5.41) is 6.98. The van der Waals surface area contributed by atoms with Gasteiger partial charge in [0.15, 0.2) is 11.4 Å². The Morgan fingerprint density at radius 2 is 1.84 bits per heavy atom. The molecule has 0 N–H and O–H groups in total. The van der Waals surface area contributed by atoms with Gasteiger partial charge in [0.1, 0.15) is 0 Å². The largest absolute Gasteiger partial charge is 0.435 e. The number of carbonyl (C=O) groups excluding carboxylic acids is 1. The van der Waals surface area contributed by atoms with Crippen LogP contribution in [0.15, 0.2) is 0 Å². The molecule has 5 nitrogen and oxygen atoms in total. The standard InChI is InChI=1S/C15H19F5N4O/c1-23(10-4-6-14(16,17)7-5-10)13(25)11-12(15(18,19)20)24(22-21-11)8-9-2-3-9/h9-10H,2-8H2,1H3. The first-order chi connectivity index (χ1) is 11.6. The van der Waals surface area contributed by atoms with Crippen molar-refractivity contribution < 1.29 is 26.7 Å². The van der Waals surface area contributed by atoms with Crippen molar-refractivity contribution in [1.82, 2.24) is 19.9 Å². The van der Waals surface area contributed by atoms with Crippen molar-refractivity contribution in [2.24, 2.45) is 5.92 Å². The molecule has 25 heavy (non-hydrogen) atoms. The quantitative estimate of drug-likeness (QED) is 0.768. The topological polar surface area (TPSA) is 51.0 Å². The molecule has 0 spiro atoms. The number of halogens is 5. The third-order valence-electron chi connectivity index (χ3n) is 4.89. The summed E-state index contributed by atoms with van der Waals surface area (Å²) < 4.78 is 67.5. The molecule has 0 radical (unpaired) electrons. The van der Waals surface area contributed by atoms with Crippen molar-refractivity contribution in [1.29, 1.82) is 0 Å². The van der Waals surface area contributed by atoms with Gasteiger partial charge < -0.3 is 4.90 Å². The van der Waals surface area contributed by atoms with Gasteiger partial charge in [-0.05, 0) is 31.6 Å². The Labute approximate surface area is 141 Å². The maximum Gasteiger partial charge on any atom is 0.435 e. The summed E-state index contributed by atoms with van der Waals surface area (Å²) in [6.07, 6.45) is -3.76. The van der Waals surface area contributed by atoms with E-state index in [4.69, 9.17) is 0 Å². The molecule has 2 fully saturated rings. The van der Waals surface area contributed by atoms with Crippen molar-refractivity contribution in [3.8, 4) is 0 Å². The monoisotopic (exact) mass is 366 g/mol. The Bertz CT molecular complexity index is 643. The smallest absolute Gasteiger partial charge is 0.337 e. The average Bonchev–Trinajstić information content (AvgIpc) is 3.21. The van der Waals surface area contributed by atoms with E-state index >= 15 is 0 Å². The molecule has 10 heteroatoms. The first-order valence-electron chi connectivity index (χ1n) is 8.24. The number of carbonyl (C=O) groups is 1. The molecule has 3 rings (SSSR count). The lowest BCUT2D eigenvalue weighted by atomic mass is 9.91. The first kappa shape index (κ1) is 18.1. The van der Waals surface area contributed by atoms with E-state index in [0.29, 0.717) is 0 Å². The predicted octanol–water partition coefficient (Wildman–Crippen LogP) is 3.36. The third-order valence-corrected chi connectivity index (χ3v) is 4.89. The van der Waals surface area contributed by atoms with Gasteiger partial charge in [-0.15, -0.1) is 5.10 Å². The van der Waals surface area contributed by atoms with Crippen LogP contribution in [0.2, 0.25) is 0 Å². The van der Waals surface area contributed by atoms with Crippen LogP contribution in [-0.4, -0.2) is 44.8 Å². The molecular weight excluding hydrogens is 347 g/mol. The zero-order chi connectivity index (χ0) is 18.4. The summed E-state index contributed by atoms with van der Waals surface area (Å²) in [6.45, 7) is 0.0779. The number of aromatic nitrogens is 3. The molecule has 0 aromatic carbocycles. The molecule has 1 aromatic heterocycles. The highest BCUT2D eigenvalue weighted by Crippen LogP contribution is 2.37. The highest BCUT2D eigenvalue weighted by Gasteiger charge is 2.44. The number of amides is 1. The van der Waals surface area contributed by atoms with Gasteiger partial charge in [-0.1, -0.05) is 5.21 Å². The number of nitrogens with zero attached hydrogens (tertiary/aromatic N) is 4. The predicted molar refractivity (Wildman–Crippen MR) is 77.0 cm³/mol. The highest BCUT2D eigenvalue weighted by molar-refractivity contribution is 5.93. The fourth-order valence-electron chi connectivity index (χ4n) is 3.16. The van der Waals surface area contributed by atoms with Gasteiger partial charge in [-0.3, -0.25) is 4.79 Å². The Kier molecular flexibility index (Phi) is 4.48. The Morgan fingerprint density at radius 1 is 1.24 bits per heavy atom. The van der Waals surface area contributed by atoms with Crippen molar-refractivity contribution >= 4 is 5.91 Å². The molecule has 0 saturated heterocycles. The summed E-state index contributed by atoms with van der Waals surface area (Å²) in [5.41, 5.74) is -1.91. The van der Waals surface area contributed by atoms with Crippen molar-refractivity contribution in [3.63, 3.8) is 0 Å². The minimum absolute atomic E-state index is 0.0484. The molecule has 2 aliphatic rings. The zero-order valence-electron chi connectivity index (χ0n) is 13.7. The number of hydrogen-bond acceptors (Lipinski definition) is 3. The molecule has 1 heterocycles. The van der Waals surface area contributed by atoms with E-state index in [2.05, 4.69) is 10.3 Å². The molecule has 0 bridgehead atoms. The van der Waals surface area contributed by atoms with Gasteiger partial charge in [0.25, 0.3) is 5.91 Å². The summed E-state index contributed by atoms with van der Waals surface area (Å²) in [5.74, 6) is -3.57. The fourth-order valence-corrected chi connectivity index (χ4v) is 3.16. The summed E-state index contributed by atoms with van der Waals surface area (Å²) in [4.78, 5) is 13.6. The average molecular weight is 366 g/mol. The Hall–Kier alpha value is -1.74. The molecule has 140 valence electrons. The molecular formula is C15H19F5N4O. The van der Waals surface area contributed by atoms with Gasteiger partial charge in [0.2, 0.25) is 5.92 Å². The van der Waals surface area contributed by atoms with Crippen LogP contribution >= 0.6 is 0 Å². The van der Waals surface area contributed by atoms with Gasteiger partial charge in [-0.2, -0.15) is 13.2 Å². The van der Waals surface area contributed by atoms with E-state index in [0.717, 1.165) is 22.4 Å². The summed E-state index contributed by atoms with van der Waals surface area (Å²) in [6, 6.07) is -0.526. The van der Waals surface area contributed by atoms with Crippen LogP contribution in [0, 0.1) is 5.92 Å². The molecule has 2 aliphatic carbocycles. The lowest BCUT2D eigenvalue weighted by molar-refractivity contribution is -0.144. The second kappa shape index (κ2) is 6.21. The third kappa shape index (κ3) is 3.92. The normalized spacial score (nSPS) is 21.4. The number of rotatable bonds is 4. The molecule has 1 amide bonds. The summed E-state index contributed by atoms with van der Waals surface area (Å²) in [7, 11) is 1.33. The van der Waals surface area contributed by atoms with Crippen molar-refractivity contribution in [2.75, 3.05) is 7.05 Å². The van der Waals surface area contributed by atoms with E-state index in [1.165, 1.54) is 7.05 Å². The lowest BCUT2D eigenvalue weighted by Crippen LogP contribution is -2.42. The van der Waals surface area contributed by atoms with Crippen LogP contribution < -0.4 is 0 Å². The van der Waals surface area contributed by atoms with Gasteiger partial charge in [0.05, 0.1) is 0 Å². The minimum atomic E-state index is -4.76. The second-order valence-electron chi connectivity index (χ2n) is 6.91. The maximum absolute atomic E-state index is 13.4. The van der Waals surface area contributed by atoms with Crippen molar-refractivity contribution in [3.05, 3.63) is 11.4 Å². The van der Waals surface area contributed by atoms with Crippen LogP contribution in [0.5, 0.6) is 0 Å². The molecule has 1 aromatic rings. The van der Waals surface area contributed by atoms with Crippen molar-refractivity contribution in [2.45, 2.75) is 63.2 Å². The maximum atomic E-state index is 13.4. The molecule has 0 atom stereocenters. The van der Waals surface area contributed by atoms with Gasteiger partial charge >= 0.3 is 6.18 Å². The van der Waals surface area contributed by atoms with E-state index < -0.39 is 35.4 Å². The SMILES string of the molecule is CN(C(=O)c1nnn(CC2CC2)c1C(F)(F)F)C1CCC(F)(F)CC1. The highest BCUT2D eigenvalue weighted by atomic mass is 19.4. The first-order valence-corrected chi connectivity index (χ1v) is 8.24.